The Kier molecular flexibility index (Phi) is 6.90. The number of nitrogens with one attached hydrogen (secondary N) is 2. The fraction of sp³-hybridized carbons (Fsp3) is 0.333. The third-order valence-corrected chi connectivity index (χ3v) is 4.93. The number of guanidine groups is 1. The molecule has 0 saturated carbocycles. The van der Waals surface area contributed by atoms with Crippen LogP contribution in [-0.4, -0.2) is 45.3 Å². The number of benzene rings is 1. The van der Waals surface area contributed by atoms with E-state index in [2.05, 4.69) is 45.4 Å². The topological polar surface area (TPSA) is 76.5 Å². The molecule has 3 heterocycles. The second-order valence-electron chi connectivity index (χ2n) is 6.80. The van der Waals surface area contributed by atoms with Crippen molar-refractivity contribution in [3.8, 4) is 11.3 Å². The fourth-order valence-corrected chi connectivity index (χ4v) is 3.60. The molecule has 148 valence electrons. The zero-order chi connectivity index (χ0) is 18.6. The van der Waals surface area contributed by atoms with Crippen molar-refractivity contribution in [2.45, 2.75) is 32.5 Å². The van der Waals surface area contributed by atoms with Crippen LogP contribution in [0.4, 0.5) is 0 Å². The first-order valence-corrected chi connectivity index (χ1v) is 9.51. The molecule has 0 fully saturated rings. The van der Waals surface area contributed by atoms with Crippen LogP contribution >= 0.6 is 0 Å². The van der Waals surface area contributed by atoms with Crippen molar-refractivity contribution in [3.05, 3.63) is 54.4 Å². The molecular weight excluding hydrogens is 465 g/mol. The number of halogens is 1. The number of aliphatic imine (C=N–C) groups is 1. The van der Waals surface area contributed by atoms with Gasteiger partial charge in [-0.15, -0.1) is 0 Å². The van der Waals surface area contributed by atoms with E-state index in [0.717, 1.165) is 53.2 Å². The number of aromatic amines is 1. The summed E-state index contributed by atoms with van der Waals surface area (Å²) in [6.45, 7) is 4.21. The van der Waals surface area contributed by atoms with Crippen molar-refractivity contribution in [2.24, 2.45) is 4.99 Å². The van der Waals surface area contributed by atoms with Gasteiger partial charge in [0, 0.05) is 41.0 Å². The number of aromatic nitrogens is 2. The SMILES string of the molecule is CCCC(O)N(Cc1c(-c2cccnc2)[nH]c2ccccc12)C1=NCCN1.[H+].[I-]. The minimum atomic E-state index is -0.574. The number of para-hydroxylation sites is 1. The predicted octanol–water partition coefficient (Wildman–Crippen LogP) is 0.226. The van der Waals surface area contributed by atoms with E-state index in [9.17, 15) is 5.11 Å². The summed E-state index contributed by atoms with van der Waals surface area (Å²) in [4.78, 5) is 14.3. The fourth-order valence-electron chi connectivity index (χ4n) is 3.60. The van der Waals surface area contributed by atoms with Crippen molar-refractivity contribution in [3.63, 3.8) is 0 Å². The third-order valence-electron chi connectivity index (χ3n) is 4.93. The second kappa shape index (κ2) is 9.38. The predicted molar refractivity (Wildman–Crippen MR) is 109 cm³/mol. The molecule has 1 unspecified atom stereocenters. The molecule has 1 aliphatic rings. The van der Waals surface area contributed by atoms with Crippen LogP contribution in [0, 0.1) is 0 Å². The van der Waals surface area contributed by atoms with Crippen LogP contribution < -0.4 is 29.3 Å². The third kappa shape index (κ3) is 4.15. The van der Waals surface area contributed by atoms with Gasteiger partial charge in [0.2, 0.25) is 0 Å². The normalized spacial score (nSPS) is 14.3. The molecule has 4 rings (SSSR count). The van der Waals surface area contributed by atoms with Crippen LogP contribution in [0.2, 0.25) is 0 Å². The molecule has 0 radical (unpaired) electrons. The van der Waals surface area contributed by atoms with Crippen molar-refractivity contribution >= 4 is 16.9 Å². The highest BCUT2D eigenvalue weighted by Crippen LogP contribution is 2.31. The highest BCUT2D eigenvalue weighted by atomic mass is 127. The number of hydrogen-bond donors (Lipinski definition) is 3. The zero-order valence-corrected chi connectivity index (χ0v) is 18.1. The summed E-state index contributed by atoms with van der Waals surface area (Å²) in [7, 11) is 0. The Labute approximate surface area is 183 Å². The molecule has 6 nitrogen and oxygen atoms in total. The van der Waals surface area contributed by atoms with Crippen molar-refractivity contribution in [1.82, 2.24) is 20.2 Å². The van der Waals surface area contributed by atoms with E-state index in [1.54, 1.807) is 6.20 Å². The lowest BCUT2D eigenvalue weighted by molar-refractivity contribution is -0.0000138. The molecule has 0 aliphatic carbocycles. The zero-order valence-electron chi connectivity index (χ0n) is 16.9. The maximum atomic E-state index is 10.8. The Hall–Kier alpha value is -2.13. The van der Waals surface area contributed by atoms with Crippen LogP contribution in [0.3, 0.4) is 0 Å². The molecule has 0 spiro atoms. The average molecular weight is 491 g/mol. The van der Waals surface area contributed by atoms with Gasteiger partial charge >= 0.3 is 1.43 Å². The molecule has 0 amide bonds. The van der Waals surface area contributed by atoms with E-state index in [4.69, 9.17) is 0 Å². The number of hydrogen-bond acceptors (Lipinski definition) is 5. The van der Waals surface area contributed by atoms with Crippen LogP contribution in [0.25, 0.3) is 22.2 Å². The number of aliphatic hydroxyl groups excluding tert-OH is 1. The van der Waals surface area contributed by atoms with Gasteiger partial charge in [0.15, 0.2) is 5.96 Å². The molecule has 1 aromatic carbocycles. The summed E-state index contributed by atoms with van der Waals surface area (Å²) >= 11 is 0. The lowest BCUT2D eigenvalue weighted by Crippen LogP contribution is -3.00. The standard InChI is InChI=1S/C21H25N5O.HI/c1-2-6-19(27)26(21-23-11-12-24-21)14-17-16-8-3-4-9-18(16)25-20(17)15-7-5-10-22-13-15;/h3-5,7-10,13,19,25,27H,2,6,11-12,14H2,1H3,(H,23,24);1H. The van der Waals surface area contributed by atoms with E-state index in [1.165, 1.54) is 0 Å². The minimum Gasteiger partial charge on any atom is -1.00 e. The summed E-state index contributed by atoms with van der Waals surface area (Å²) < 4.78 is 0. The van der Waals surface area contributed by atoms with E-state index < -0.39 is 6.23 Å². The van der Waals surface area contributed by atoms with Crippen LogP contribution in [0.1, 0.15) is 26.8 Å². The summed E-state index contributed by atoms with van der Waals surface area (Å²) in [5.41, 5.74) is 4.30. The molecule has 1 atom stereocenters. The van der Waals surface area contributed by atoms with Crippen LogP contribution in [0.15, 0.2) is 53.8 Å². The van der Waals surface area contributed by atoms with Gasteiger partial charge in [-0.2, -0.15) is 0 Å². The molecule has 7 heteroatoms. The Morgan fingerprint density at radius 1 is 1.25 bits per heavy atom. The summed E-state index contributed by atoms with van der Waals surface area (Å²) in [6.07, 6.45) is 4.68. The van der Waals surface area contributed by atoms with E-state index >= 15 is 0 Å². The molecular formula is C21H26IN5O. The Morgan fingerprint density at radius 3 is 2.82 bits per heavy atom. The van der Waals surface area contributed by atoms with Gasteiger partial charge in [-0.3, -0.25) is 9.98 Å². The smallest absolute Gasteiger partial charge is 1.00 e. The molecule has 3 aromatic rings. The Balaban J connectivity index is 0.00000150. The second-order valence-corrected chi connectivity index (χ2v) is 6.80. The quantitative estimate of drug-likeness (QED) is 0.341. The first-order valence-electron chi connectivity index (χ1n) is 9.51. The maximum Gasteiger partial charge on any atom is 1.00 e. The van der Waals surface area contributed by atoms with Crippen molar-refractivity contribution in [2.75, 3.05) is 13.1 Å². The van der Waals surface area contributed by atoms with Gasteiger partial charge in [-0.1, -0.05) is 31.5 Å². The highest BCUT2D eigenvalue weighted by molar-refractivity contribution is 5.91. The molecule has 1 aliphatic heterocycles. The number of aliphatic hydroxyl groups is 1. The van der Waals surface area contributed by atoms with Gasteiger partial charge in [0.25, 0.3) is 0 Å². The number of fused-ring (bicyclic) bond motifs is 1. The first kappa shape index (κ1) is 20.6. The maximum absolute atomic E-state index is 10.8. The van der Waals surface area contributed by atoms with Gasteiger partial charge in [0.05, 0.1) is 18.8 Å². The van der Waals surface area contributed by atoms with Gasteiger partial charge < -0.3 is 44.3 Å². The molecule has 0 bridgehead atoms. The van der Waals surface area contributed by atoms with Crippen molar-refractivity contribution < 1.29 is 30.5 Å². The summed E-state index contributed by atoms with van der Waals surface area (Å²) in [5, 5.41) is 15.2. The Morgan fingerprint density at radius 2 is 2.11 bits per heavy atom. The number of rotatable bonds is 6. The average Bonchev–Trinajstić information content (AvgIpc) is 3.35. The van der Waals surface area contributed by atoms with E-state index in [0.29, 0.717) is 13.0 Å². The van der Waals surface area contributed by atoms with Gasteiger partial charge in [-0.05, 0) is 24.6 Å². The molecule has 28 heavy (non-hydrogen) atoms. The summed E-state index contributed by atoms with van der Waals surface area (Å²) in [6, 6.07) is 12.3. The molecule has 3 N–H and O–H groups in total. The lowest BCUT2D eigenvalue weighted by Gasteiger charge is -2.30. The molecule has 0 saturated heterocycles. The number of H-pyrrole nitrogens is 1. The first-order chi connectivity index (χ1) is 13.3. The van der Waals surface area contributed by atoms with Gasteiger partial charge in [-0.25, -0.2) is 0 Å². The Bertz CT molecular complexity index is 947. The van der Waals surface area contributed by atoms with Crippen LogP contribution in [-0.2, 0) is 6.54 Å². The van der Waals surface area contributed by atoms with E-state index in [1.807, 2.05) is 29.3 Å². The van der Waals surface area contributed by atoms with Gasteiger partial charge in [0.1, 0.15) is 6.23 Å². The highest BCUT2D eigenvalue weighted by Gasteiger charge is 2.24. The number of pyridine rings is 1. The molecule has 2 aromatic heterocycles. The largest absolute Gasteiger partial charge is 1.00 e. The lowest BCUT2D eigenvalue weighted by atomic mass is 10.1. The number of nitrogens with zero attached hydrogens (tertiary/aromatic N) is 3. The monoisotopic (exact) mass is 491 g/mol. The van der Waals surface area contributed by atoms with E-state index in [-0.39, 0.29) is 25.4 Å². The summed E-state index contributed by atoms with van der Waals surface area (Å²) in [5.74, 6) is 0.776. The van der Waals surface area contributed by atoms with Crippen molar-refractivity contribution in [1.29, 1.82) is 0 Å². The minimum absolute atomic E-state index is 0. The van der Waals surface area contributed by atoms with Crippen LogP contribution in [0.5, 0.6) is 0 Å².